The van der Waals surface area contributed by atoms with Gasteiger partial charge in [-0.3, -0.25) is 0 Å². The summed E-state index contributed by atoms with van der Waals surface area (Å²) >= 11 is 0. The smallest absolute Gasteiger partial charge is 0.243 e. The second kappa shape index (κ2) is 5.65. The van der Waals surface area contributed by atoms with Crippen LogP contribution in [0, 0.1) is 5.92 Å². The topological polar surface area (TPSA) is 49.4 Å². The van der Waals surface area contributed by atoms with Gasteiger partial charge in [0.15, 0.2) is 0 Å². The highest BCUT2D eigenvalue weighted by atomic mass is 32.2. The van der Waals surface area contributed by atoms with Gasteiger partial charge in [0, 0.05) is 18.8 Å². The van der Waals surface area contributed by atoms with E-state index in [1.807, 2.05) is 24.3 Å². The first-order valence-corrected chi connectivity index (χ1v) is 9.51. The lowest BCUT2D eigenvalue weighted by Gasteiger charge is -2.44. The fourth-order valence-corrected chi connectivity index (χ4v) is 5.54. The van der Waals surface area contributed by atoms with E-state index in [1.54, 1.807) is 28.6 Å². The summed E-state index contributed by atoms with van der Waals surface area (Å²) in [6, 6.07) is 16.8. The molecule has 120 valence electrons. The second-order valence-corrected chi connectivity index (χ2v) is 8.13. The van der Waals surface area contributed by atoms with Gasteiger partial charge in [0.2, 0.25) is 10.0 Å². The molecule has 1 N–H and O–H groups in total. The standard InChI is InChI=1S/C18H20N2O2S/c21-23(22,15-8-2-1-3-9-15)20-12-6-7-14-13-19-17-11-5-4-10-16(17)18(14)20/h1-5,8-11,14,18-19H,6-7,12-13H2/t14-,18-/m0/s1. The zero-order valence-corrected chi connectivity index (χ0v) is 13.7. The number of piperidine rings is 1. The molecule has 0 saturated carbocycles. The van der Waals surface area contributed by atoms with Gasteiger partial charge in [-0.15, -0.1) is 0 Å². The molecule has 4 nitrogen and oxygen atoms in total. The Labute approximate surface area is 137 Å². The average molecular weight is 328 g/mol. The highest BCUT2D eigenvalue weighted by Gasteiger charge is 2.42. The van der Waals surface area contributed by atoms with Crippen molar-refractivity contribution in [3.05, 3.63) is 60.2 Å². The number of hydrogen-bond donors (Lipinski definition) is 1. The Balaban J connectivity index is 1.80. The lowest BCUT2D eigenvalue weighted by atomic mass is 9.83. The van der Waals surface area contributed by atoms with Crippen molar-refractivity contribution in [2.24, 2.45) is 5.92 Å². The van der Waals surface area contributed by atoms with Crippen LogP contribution in [0.15, 0.2) is 59.5 Å². The van der Waals surface area contributed by atoms with E-state index in [9.17, 15) is 8.42 Å². The number of rotatable bonds is 2. The van der Waals surface area contributed by atoms with Gasteiger partial charge in [-0.1, -0.05) is 36.4 Å². The molecule has 0 spiro atoms. The fraction of sp³-hybridized carbons (Fsp3) is 0.333. The third-order valence-electron chi connectivity index (χ3n) is 4.89. The van der Waals surface area contributed by atoms with Gasteiger partial charge >= 0.3 is 0 Å². The van der Waals surface area contributed by atoms with Crippen molar-refractivity contribution in [2.45, 2.75) is 23.8 Å². The predicted molar refractivity (Wildman–Crippen MR) is 90.7 cm³/mol. The molecule has 4 rings (SSSR count). The Hall–Kier alpha value is -1.85. The molecule has 0 radical (unpaired) electrons. The maximum Gasteiger partial charge on any atom is 0.243 e. The van der Waals surface area contributed by atoms with E-state index in [-0.39, 0.29) is 6.04 Å². The Morgan fingerprint density at radius 1 is 1.00 bits per heavy atom. The number of benzene rings is 2. The zero-order valence-electron chi connectivity index (χ0n) is 12.9. The molecule has 0 amide bonds. The van der Waals surface area contributed by atoms with Crippen LogP contribution in [0.2, 0.25) is 0 Å². The lowest BCUT2D eigenvalue weighted by Crippen LogP contribution is -2.46. The summed E-state index contributed by atoms with van der Waals surface area (Å²) in [7, 11) is -3.47. The number of nitrogens with one attached hydrogen (secondary N) is 1. The Kier molecular flexibility index (Phi) is 3.62. The second-order valence-electron chi connectivity index (χ2n) is 6.24. The summed E-state index contributed by atoms with van der Waals surface area (Å²) in [6.07, 6.45) is 1.98. The predicted octanol–water partition coefficient (Wildman–Crippen LogP) is 3.25. The van der Waals surface area contributed by atoms with Gasteiger partial charge < -0.3 is 5.32 Å². The van der Waals surface area contributed by atoms with E-state index in [0.717, 1.165) is 30.6 Å². The Morgan fingerprint density at radius 2 is 1.74 bits per heavy atom. The molecule has 2 aliphatic heterocycles. The van der Waals surface area contributed by atoms with E-state index in [2.05, 4.69) is 11.4 Å². The summed E-state index contributed by atoms with van der Waals surface area (Å²) in [5, 5.41) is 3.45. The summed E-state index contributed by atoms with van der Waals surface area (Å²) in [6.45, 7) is 1.43. The van der Waals surface area contributed by atoms with E-state index < -0.39 is 10.0 Å². The van der Waals surface area contributed by atoms with Crippen molar-refractivity contribution in [3.8, 4) is 0 Å². The first kappa shape index (κ1) is 14.7. The molecule has 0 unspecified atom stereocenters. The molecule has 2 aromatic rings. The van der Waals surface area contributed by atoms with Crippen molar-refractivity contribution in [3.63, 3.8) is 0 Å². The SMILES string of the molecule is O=S(=O)(c1ccccc1)N1CCC[C@H]2CNc3ccccc3[C@H]21. The molecule has 1 fully saturated rings. The van der Waals surface area contributed by atoms with Crippen LogP contribution in [0.1, 0.15) is 24.4 Å². The number of hydrogen-bond acceptors (Lipinski definition) is 3. The largest absolute Gasteiger partial charge is 0.384 e. The maximum atomic E-state index is 13.2. The van der Waals surface area contributed by atoms with Gasteiger partial charge in [-0.25, -0.2) is 8.42 Å². The molecular weight excluding hydrogens is 308 g/mol. The first-order chi connectivity index (χ1) is 11.2. The maximum absolute atomic E-state index is 13.2. The van der Waals surface area contributed by atoms with Crippen LogP contribution in [0.5, 0.6) is 0 Å². The summed E-state index contributed by atoms with van der Waals surface area (Å²) in [4.78, 5) is 0.386. The van der Waals surface area contributed by atoms with Crippen molar-refractivity contribution in [2.75, 3.05) is 18.4 Å². The monoisotopic (exact) mass is 328 g/mol. The molecule has 2 aliphatic rings. The van der Waals surface area contributed by atoms with Crippen molar-refractivity contribution in [1.82, 2.24) is 4.31 Å². The van der Waals surface area contributed by atoms with Crippen LogP contribution in [0.4, 0.5) is 5.69 Å². The van der Waals surface area contributed by atoms with Crippen molar-refractivity contribution < 1.29 is 8.42 Å². The first-order valence-electron chi connectivity index (χ1n) is 8.07. The fourth-order valence-electron chi connectivity index (χ4n) is 3.82. The van der Waals surface area contributed by atoms with Crippen LogP contribution >= 0.6 is 0 Å². The minimum absolute atomic E-state index is 0.0635. The number of fused-ring (bicyclic) bond motifs is 3. The van der Waals surface area contributed by atoms with Crippen LogP contribution < -0.4 is 5.32 Å². The number of para-hydroxylation sites is 1. The zero-order chi connectivity index (χ0) is 15.9. The van der Waals surface area contributed by atoms with Gasteiger partial charge in [0.1, 0.15) is 0 Å². The van der Waals surface area contributed by atoms with Crippen LogP contribution in [-0.2, 0) is 10.0 Å². The molecule has 2 heterocycles. The number of sulfonamides is 1. The van der Waals surface area contributed by atoms with Crippen LogP contribution in [-0.4, -0.2) is 25.8 Å². The molecule has 2 atom stereocenters. The minimum atomic E-state index is -3.47. The Morgan fingerprint density at radius 3 is 2.57 bits per heavy atom. The average Bonchev–Trinajstić information content (AvgIpc) is 2.61. The molecule has 1 saturated heterocycles. The highest BCUT2D eigenvalue weighted by Crippen LogP contribution is 2.44. The van der Waals surface area contributed by atoms with E-state index in [1.165, 1.54) is 0 Å². The third kappa shape index (κ3) is 2.44. The van der Waals surface area contributed by atoms with Gasteiger partial charge in [0.05, 0.1) is 10.9 Å². The third-order valence-corrected chi connectivity index (χ3v) is 6.79. The lowest BCUT2D eigenvalue weighted by molar-refractivity contribution is 0.179. The molecule has 5 heteroatoms. The van der Waals surface area contributed by atoms with E-state index in [4.69, 9.17) is 0 Å². The van der Waals surface area contributed by atoms with Gasteiger partial charge in [0.25, 0.3) is 0 Å². The molecule has 23 heavy (non-hydrogen) atoms. The normalized spacial score (nSPS) is 24.3. The minimum Gasteiger partial charge on any atom is -0.384 e. The molecule has 0 aromatic heterocycles. The molecule has 2 aromatic carbocycles. The van der Waals surface area contributed by atoms with Crippen molar-refractivity contribution >= 4 is 15.7 Å². The van der Waals surface area contributed by atoms with Crippen molar-refractivity contribution in [1.29, 1.82) is 0 Å². The highest BCUT2D eigenvalue weighted by molar-refractivity contribution is 7.89. The van der Waals surface area contributed by atoms with Crippen LogP contribution in [0.25, 0.3) is 0 Å². The molecule has 0 bridgehead atoms. The summed E-state index contributed by atoms with van der Waals surface area (Å²) in [5.74, 6) is 0.331. The van der Waals surface area contributed by atoms with E-state index in [0.29, 0.717) is 17.4 Å². The van der Waals surface area contributed by atoms with Crippen LogP contribution in [0.3, 0.4) is 0 Å². The number of anilines is 1. The molecular formula is C18H20N2O2S. The Bertz CT molecular complexity index is 805. The van der Waals surface area contributed by atoms with Gasteiger partial charge in [-0.05, 0) is 42.5 Å². The molecule has 0 aliphatic carbocycles. The number of nitrogens with zero attached hydrogens (tertiary/aromatic N) is 1. The quantitative estimate of drug-likeness (QED) is 0.920. The van der Waals surface area contributed by atoms with E-state index >= 15 is 0 Å². The van der Waals surface area contributed by atoms with Gasteiger partial charge in [-0.2, -0.15) is 4.31 Å². The summed E-state index contributed by atoms with van der Waals surface area (Å²) < 4.78 is 28.0. The summed E-state index contributed by atoms with van der Waals surface area (Å²) in [5.41, 5.74) is 2.16.